The summed E-state index contributed by atoms with van der Waals surface area (Å²) in [5.74, 6) is 2.90. The highest BCUT2D eigenvalue weighted by atomic mass is 32.2. The number of amides is 1. The van der Waals surface area contributed by atoms with Crippen molar-refractivity contribution in [3.05, 3.63) is 23.8 Å². The Morgan fingerprint density at radius 2 is 1.82 bits per heavy atom. The smallest absolute Gasteiger partial charge is 0.231 e. The summed E-state index contributed by atoms with van der Waals surface area (Å²) in [4.78, 5) is 15.0. The Morgan fingerprint density at radius 3 is 2.55 bits per heavy atom. The molecule has 0 bridgehead atoms. The lowest BCUT2D eigenvalue weighted by Gasteiger charge is -2.35. The van der Waals surface area contributed by atoms with Crippen LogP contribution in [0.5, 0.6) is 11.5 Å². The number of para-hydroxylation sites is 1. The largest absolute Gasteiger partial charge is 0.454 e. The number of carbonyl (C=O) groups is 1. The Labute approximate surface area is 197 Å². The fraction of sp³-hybridized carbons (Fsp3) is 0.720. The van der Waals surface area contributed by atoms with Crippen LogP contribution in [0.15, 0.2) is 18.2 Å². The lowest BCUT2D eigenvalue weighted by molar-refractivity contribution is -0.125. The van der Waals surface area contributed by atoms with Gasteiger partial charge in [0.2, 0.25) is 12.7 Å². The van der Waals surface area contributed by atoms with Crippen molar-refractivity contribution in [3.63, 3.8) is 0 Å². The van der Waals surface area contributed by atoms with Crippen molar-refractivity contribution in [2.45, 2.75) is 63.3 Å². The Balaban J connectivity index is 1.01. The number of nitrogens with zero attached hydrogens (tertiary/aromatic N) is 1. The van der Waals surface area contributed by atoms with Crippen molar-refractivity contribution in [1.82, 2.24) is 10.2 Å². The molecule has 182 valence electrons. The summed E-state index contributed by atoms with van der Waals surface area (Å²) < 4.78 is 34.5. The van der Waals surface area contributed by atoms with Crippen molar-refractivity contribution >= 4 is 15.7 Å². The van der Waals surface area contributed by atoms with Gasteiger partial charge in [0, 0.05) is 11.6 Å². The molecular formula is C25H36N2O5S. The maximum absolute atomic E-state index is 12.4. The Morgan fingerprint density at radius 1 is 1.03 bits per heavy atom. The summed E-state index contributed by atoms with van der Waals surface area (Å²) in [7, 11) is -3.01. The van der Waals surface area contributed by atoms with Gasteiger partial charge >= 0.3 is 0 Å². The molecule has 0 radical (unpaired) electrons. The van der Waals surface area contributed by atoms with E-state index in [0.717, 1.165) is 75.6 Å². The predicted molar refractivity (Wildman–Crippen MR) is 126 cm³/mol. The molecule has 33 heavy (non-hydrogen) atoms. The third-order valence-corrected chi connectivity index (χ3v) is 9.87. The Kier molecular flexibility index (Phi) is 6.84. The van der Waals surface area contributed by atoms with Crippen molar-refractivity contribution in [1.29, 1.82) is 0 Å². The van der Waals surface area contributed by atoms with Gasteiger partial charge in [-0.25, -0.2) is 8.42 Å². The normalized spacial score (nSPS) is 29.8. The highest BCUT2D eigenvalue weighted by molar-refractivity contribution is 7.91. The molecule has 3 fully saturated rings. The third-order valence-electron chi connectivity index (χ3n) is 8.10. The first-order valence-electron chi connectivity index (χ1n) is 12.6. The van der Waals surface area contributed by atoms with Gasteiger partial charge in [-0.1, -0.05) is 12.1 Å². The summed E-state index contributed by atoms with van der Waals surface area (Å²) >= 11 is 0. The quantitative estimate of drug-likeness (QED) is 0.679. The third kappa shape index (κ3) is 5.48. The molecule has 2 saturated heterocycles. The summed E-state index contributed by atoms with van der Waals surface area (Å²) in [6.07, 6.45) is 8.36. The second-order valence-electron chi connectivity index (χ2n) is 10.3. The summed E-state index contributed by atoms with van der Waals surface area (Å²) in [5.41, 5.74) is 1.31. The van der Waals surface area contributed by atoms with Gasteiger partial charge in [-0.3, -0.25) is 4.79 Å². The lowest BCUT2D eigenvalue weighted by Crippen LogP contribution is -2.41. The van der Waals surface area contributed by atoms with E-state index in [4.69, 9.17) is 9.47 Å². The van der Waals surface area contributed by atoms with Gasteiger partial charge in [-0.15, -0.1) is 0 Å². The standard InChI is InChI=1S/C25H36N2O5S/c28-25(20-11-15-33(29,30)16-20)26-21-6-4-18(5-7-21)8-12-27-13-9-19(10-14-27)22-2-1-3-23-24(22)32-17-31-23/h1-3,18-21H,4-17H2,(H,26,28). The van der Waals surface area contributed by atoms with E-state index < -0.39 is 9.84 Å². The van der Waals surface area contributed by atoms with E-state index >= 15 is 0 Å². The average molecular weight is 477 g/mol. The van der Waals surface area contributed by atoms with Crippen LogP contribution in [0.25, 0.3) is 0 Å². The number of likely N-dealkylation sites (tertiary alicyclic amines) is 1. The van der Waals surface area contributed by atoms with E-state index in [1.165, 1.54) is 12.0 Å². The van der Waals surface area contributed by atoms with Gasteiger partial charge in [-0.05, 0) is 88.9 Å². The number of hydrogen-bond donors (Lipinski definition) is 1. The van der Waals surface area contributed by atoms with Crippen LogP contribution in [0.3, 0.4) is 0 Å². The number of sulfone groups is 1. The topological polar surface area (TPSA) is 84.9 Å². The van der Waals surface area contributed by atoms with E-state index in [2.05, 4.69) is 22.3 Å². The minimum Gasteiger partial charge on any atom is -0.454 e. The van der Waals surface area contributed by atoms with Crippen molar-refractivity contribution < 1.29 is 22.7 Å². The first kappa shape index (κ1) is 23.0. The molecule has 5 rings (SSSR count). The van der Waals surface area contributed by atoms with E-state index in [9.17, 15) is 13.2 Å². The van der Waals surface area contributed by atoms with Crippen LogP contribution in [0.1, 0.15) is 62.8 Å². The number of hydrogen-bond acceptors (Lipinski definition) is 6. The average Bonchev–Trinajstić information content (AvgIpc) is 3.45. The van der Waals surface area contributed by atoms with Gasteiger partial charge in [0.15, 0.2) is 21.3 Å². The molecule has 1 amide bonds. The van der Waals surface area contributed by atoms with Crippen LogP contribution < -0.4 is 14.8 Å². The monoisotopic (exact) mass is 476 g/mol. The molecule has 3 aliphatic heterocycles. The van der Waals surface area contributed by atoms with Crippen LogP contribution in [0.4, 0.5) is 0 Å². The van der Waals surface area contributed by atoms with Crippen molar-refractivity contribution in [3.8, 4) is 11.5 Å². The summed E-state index contributed by atoms with van der Waals surface area (Å²) in [5, 5.41) is 3.13. The molecule has 3 heterocycles. The minimum absolute atomic E-state index is 0.0262. The molecule has 0 aromatic heterocycles. The zero-order valence-corrected chi connectivity index (χ0v) is 20.2. The van der Waals surface area contributed by atoms with E-state index in [-0.39, 0.29) is 29.4 Å². The van der Waals surface area contributed by atoms with Crippen LogP contribution in [-0.2, 0) is 14.6 Å². The SMILES string of the molecule is O=C(NC1CCC(CCN2CCC(c3cccc4c3OCO4)CC2)CC1)C1CCS(=O)(=O)C1. The first-order valence-corrected chi connectivity index (χ1v) is 14.4. The molecule has 1 unspecified atom stereocenters. The van der Waals surface area contributed by atoms with Gasteiger partial charge in [0.25, 0.3) is 0 Å². The molecule has 1 saturated carbocycles. The second kappa shape index (κ2) is 9.82. The van der Waals surface area contributed by atoms with Crippen LogP contribution >= 0.6 is 0 Å². The molecule has 1 N–H and O–H groups in total. The fourth-order valence-corrected chi connectivity index (χ4v) is 7.76. The molecule has 1 atom stereocenters. The van der Waals surface area contributed by atoms with E-state index in [1.54, 1.807) is 0 Å². The summed E-state index contributed by atoms with van der Waals surface area (Å²) in [6, 6.07) is 6.47. The van der Waals surface area contributed by atoms with Crippen LogP contribution in [0, 0.1) is 11.8 Å². The fourth-order valence-electron chi connectivity index (χ4n) is 6.02. The molecule has 8 heteroatoms. The number of piperidine rings is 1. The number of fused-ring (bicyclic) bond motifs is 1. The van der Waals surface area contributed by atoms with Crippen LogP contribution in [0.2, 0.25) is 0 Å². The van der Waals surface area contributed by atoms with E-state index in [0.29, 0.717) is 19.1 Å². The molecule has 1 aromatic carbocycles. The van der Waals surface area contributed by atoms with Crippen molar-refractivity contribution in [2.75, 3.05) is 37.9 Å². The van der Waals surface area contributed by atoms with Crippen molar-refractivity contribution in [2.24, 2.45) is 11.8 Å². The number of ether oxygens (including phenoxy) is 2. The second-order valence-corrected chi connectivity index (χ2v) is 12.5. The Hall–Kier alpha value is -1.80. The van der Waals surface area contributed by atoms with Gasteiger partial charge in [0.05, 0.1) is 17.4 Å². The van der Waals surface area contributed by atoms with Crippen LogP contribution in [-0.4, -0.2) is 63.2 Å². The maximum atomic E-state index is 12.4. The molecule has 0 spiro atoms. The highest BCUT2D eigenvalue weighted by Crippen LogP contribution is 2.42. The van der Waals surface area contributed by atoms with Gasteiger partial charge < -0.3 is 19.7 Å². The minimum atomic E-state index is -3.01. The number of nitrogens with one attached hydrogen (secondary N) is 1. The zero-order valence-electron chi connectivity index (χ0n) is 19.3. The number of benzene rings is 1. The number of rotatable bonds is 6. The molecular weight excluding hydrogens is 440 g/mol. The Bertz CT molecular complexity index is 950. The summed E-state index contributed by atoms with van der Waals surface area (Å²) in [6.45, 7) is 3.75. The lowest BCUT2D eigenvalue weighted by atomic mass is 9.83. The molecule has 1 aliphatic carbocycles. The molecule has 1 aromatic rings. The van der Waals surface area contributed by atoms with Gasteiger partial charge in [0.1, 0.15) is 0 Å². The molecule has 4 aliphatic rings. The highest BCUT2D eigenvalue weighted by Gasteiger charge is 2.34. The first-order chi connectivity index (χ1) is 16.0. The number of carbonyl (C=O) groups excluding carboxylic acids is 1. The molecule has 7 nitrogen and oxygen atoms in total. The van der Waals surface area contributed by atoms with E-state index in [1.807, 2.05) is 6.07 Å². The predicted octanol–water partition coefficient (Wildman–Crippen LogP) is 3.09. The van der Waals surface area contributed by atoms with Gasteiger partial charge in [-0.2, -0.15) is 0 Å². The maximum Gasteiger partial charge on any atom is 0.231 e. The zero-order chi connectivity index (χ0) is 22.8.